The lowest BCUT2D eigenvalue weighted by molar-refractivity contribution is 0.202. The van der Waals surface area contributed by atoms with Gasteiger partial charge < -0.3 is 15.4 Å². The average Bonchev–Trinajstić information content (AvgIpc) is 2.43. The lowest BCUT2D eigenvalue weighted by Gasteiger charge is -2.35. The summed E-state index contributed by atoms with van der Waals surface area (Å²) in [6, 6.07) is 5.23. The molecule has 0 aliphatic heterocycles. The monoisotopic (exact) mass is 282 g/mol. The Morgan fingerprint density at radius 2 is 1.95 bits per heavy atom. The Labute approximate surface area is 121 Å². The van der Waals surface area contributed by atoms with E-state index in [0.717, 1.165) is 18.4 Å². The van der Waals surface area contributed by atoms with Crippen LogP contribution >= 0.6 is 0 Å². The Hall–Kier alpha value is -1.13. The number of rotatable bonds is 8. The molecule has 1 rings (SSSR count). The molecule has 0 spiro atoms. The van der Waals surface area contributed by atoms with E-state index in [1.54, 1.807) is 13.2 Å². The van der Waals surface area contributed by atoms with Crippen LogP contribution in [0.1, 0.15) is 45.2 Å². The van der Waals surface area contributed by atoms with Crippen LogP contribution in [-0.2, 0) is 4.74 Å². The predicted octanol–water partition coefficient (Wildman–Crippen LogP) is 3.49. The van der Waals surface area contributed by atoms with Crippen LogP contribution in [0.3, 0.4) is 0 Å². The third-order valence-corrected chi connectivity index (χ3v) is 3.72. The third kappa shape index (κ3) is 3.93. The summed E-state index contributed by atoms with van der Waals surface area (Å²) in [4.78, 5) is 2.11. The molecule has 3 nitrogen and oxygen atoms in total. The molecular formula is C16H27FN2O. The van der Waals surface area contributed by atoms with Gasteiger partial charge in [-0.1, -0.05) is 26.0 Å². The molecule has 1 aromatic carbocycles. The molecule has 0 amide bonds. The molecule has 0 radical (unpaired) electrons. The first kappa shape index (κ1) is 16.9. The second kappa shape index (κ2) is 8.22. The summed E-state index contributed by atoms with van der Waals surface area (Å²) in [5, 5.41) is 0. The minimum absolute atomic E-state index is 0.194. The van der Waals surface area contributed by atoms with Crippen LogP contribution in [0.4, 0.5) is 10.1 Å². The molecule has 1 atom stereocenters. The Kier molecular flexibility index (Phi) is 6.96. The number of anilines is 1. The van der Waals surface area contributed by atoms with Gasteiger partial charge in [-0.3, -0.25) is 0 Å². The summed E-state index contributed by atoms with van der Waals surface area (Å²) in [6.45, 7) is 7.38. The van der Waals surface area contributed by atoms with E-state index >= 15 is 0 Å². The molecule has 0 aromatic heterocycles. The highest BCUT2D eigenvalue weighted by atomic mass is 19.1. The maximum absolute atomic E-state index is 14.4. The van der Waals surface area contributed by atoms with Crippen LogP contribution in [0.5, 0.6) is 0 Å². The molecule has 0 saturated heterocycles. The van der Waals surface area contributed by atoms with Crippen LogP contribution < -0.4 is 10.6 Å². The Balaban J connectivity index is 3.24. The van der Waals surface area contributed by atoms with Gasteiger partial charge >= 0.3 is 0 Å². The maximum atomic E-state index is 14.4. The fraction of sp³-hybridized carbons (Fsp3) is 0.625. The zero-order valence-corrected chi connectivity index (χ0v) is 13.0. The molecule has 2 N–H and O–H groups in total. The third-order valence-electron chi connectivity index (χ3n) is 3.72. The van der Waals surface area contributed by atoms with E-state index in [4.69, 9.17) is 10.5 Å². The number of halogens is 1. The second-order valence-electron chi connectivity index (χ2n) is 5.12. The van der Waals surface area contributed by atoms with Crippen LogP contribution in [0.15, 0.2) is 18.2 Å². The minimum Gasteiger partial charge on any atom is -0.383 e. The van der Waals surface area contributed by atoms with Crippen molar-refractivity contribution < 1.29 is 9.13 Å². The summed E-state index contributed by atoms with van der Waals surface area (Å²) in [5.74, 6) is -0.206. The Morgan fingerprint density at radius 3 is 2.45 bits per heavy atom. The lowest BCUT2D eigenvalue weighted by atomic mass is 10.0. The lowest BCUT2D eigenvalue weighted by Crippen LogP contribution is -2.38. The van der Waals surface area contributed by atoms with Crippen molar-refractivity contribution in [3.63, 3.8) is 0 Å². The van der Waals surface area contributed by atoms with Crippen LogP contribution in [0.2, 0.25) is 0 Å². The number of hydrogen-bond acceptors (Lipinski definition) is 3. The van der Waals surface area contributed by atoms with Crippen molar-refractivity contribution >= 4 is 5.69 Å². The van der Waals surface area contributed by atoms with Gasteiger partial charge in [0.2, 0.25) is 0 Å². The van der Waals surface area contributed by atoms with Crippen LogP contribution in [0.25, 0.3) is 0 Å². The highest BCUT2D eigenvalue weighted by Gasteiger charge is 2.22. The minimum atomic E-state index is -0.206. The molecule has 20 heavy (non-hydrogen) atoms. The van der Waals surface area contributed by atoms with Crippen molar-refractivity contribution in [2.75, 3.05) is 25.2 Å². The number of para-hydroxylation sites is 1. The first-order valence-electron chi connectivity index (χ1n) is 7.36. The maximum Gasteiger partial charge on any atom is 0.146 e. The predicted molar refractivity (Wildman–Crippen MR) is 82.6 cm³/mol. The van der Waals surface area contributed by atoms with Gasteiger partial charge in [0.1, 0.15) is 5.82 Å². The fourth-order valence-electron chi connectivity index (χ4n) is 2.60. The SMILES string of the molecule is CCC(CC)N(CCOC)c1c(F)cccc1[C@H](C)N. The standard InChI is InChI=1S/C16H27FN2O/c1-5-13(6-2)19(10-11-20-4)16-14(12(3)18)8-7-9-15(16)17/h7-9,12-13H,5-6,10-11,18H2,1-4H3/t12-/m0/s1. The molecule has 0 bridgehead atoms. The number of benzene rings is 1. The van der Waals surface area contributed by atoms with Gasteiger partial charge in [0, 0.05) is 25.7 Å². The van der Waals surface area contributed by atoms with E-state index in [1.165, 1.54) is 6.07 Å². The number of methoxy groups -OCH3 is 1. The number of hydrogen-bond donors (Lipinski definition) is 1. The first-order valence-corrected chi connectivity index (χ1v) is 7.36. The highest BCUT2D eigenvalue weighted by Crippen LogP contribution is 2.31. The van der Waals surface area contributed by atoms with Crippen molar-refractivity contribution in [3.8, 4) is 0 Å². The molecule has 0 fully saturated rings. The van der Waals surface area contributed by atoms with E-state index in [-0.39, 0.29) is 11.9 Å². The number of nitrogens with zero attached hydrogens (tertiary/aromatic N) is 1. The normalized spacial score (nSPS) is 12.8. The van der Waals surface area contributed by atoms with Gasteiger partial charge in [-0.25, -0.2) is 4.39 Å². The molecule has 0 aliphatic carbocycles. The van der Waals surface area contributed by atoms with Gasteiger partial charge in [-0.2, -0.15) is 0 Å². The van der Waals surface area contributed by atoms with Crippen molar-refractivity contribution in [3.05, 3.63) is 29.6 Å². The van der Waals surface area contributed by atoms with E-state index in [0.29, 0.717) is 24.9 Å². The van der Waals surface area contributed by atoms with E-state index in [1.807, 2.05) is 13.0 Å². The molecular weight excluding hydrogens is 255 g/mol. The number of ether oxygens (including phenoxy) is 1. The van der Waals surface area contributed by atoms with Crippen molar-refractivity contribution in [2.45, 2.75) is 45.7 Å². The molecule has 0 heterocycles. The van der Waals surface area contributed by atoms with Crippen molar-refractivity contribution in [1.29, 1.82) is 0 Å². The Morgan fingerprint density at radius 1 is 1.30 bits per heavy atom. The summed E-state index contributed by atoms with van der Waals surface area (Å²) < 4.78 is 19.6. The molecule has 1 aromatic rings. The van der Waals surface area contributed by atoms with Crippen molar-refractivity contribution in [2.24, 2.45) is 5.73 Å². The molecule has 0 saturated carbocycles. The molecule has 4 heteroatoms. The summed E-state index contributed by atoms with van der Waals surface area (Å²) >= 11 is 0. The quantitative estimate of drug-likeness (QED) is 0.793. The van der Waals surface area contributed by atoms with Gasteiger partial charge in [0.05, 0.1) is 12.3 Å². The topological polar surface area (TPSA) is 38.5 Å². The van der Waals surface area contributed by atoms with Gasteiger partial charge in [-0.15, -0.1) is 0 Å². The van der Waals surface area contributed by atoms with Gasteiger partial charge in [-0.05, 0) is 31.4 Å². The van der Waals surface area contributed by atoms with Crippen LogP contribution in [-0.4, -0.2) is 26.3 Å². The highest BCUT2D eigenvalue weighted by molar-refractivity contribution is 5.57. The molecule has 0 unspecified atom stereocenters. The van der Waals surface area contributed by atoms with E-state index in [9.17, 15) is 4.39 Å². The van der Waals surface area contributed by atoms with Crippen LogP contribution in [0, 0.1) is 5.82 Å². The summed E-state index contributed by atoms with van der Waals surface area (Å²) in [7, 11) is 1.67. The Bertz CT molecular complexity index is 405. The number of nitrogens with two attached hydrogens (primary N) is 1. The fourth-order valence-corrected chi connectivity index (χ4v) is 2.60. The zero-order valence-electron chi connectivity index (χ0n) is 13.0. The molecule has 0 aliphatic rings. The largest absolute Gasteiger partial charge is 0.383 e. The summed E-state index contributed by atoms with van der Waals surface area (Å²) in [5.41, 5.74) is 7.50. The second-order valence-corrected chi connectivity index (χ2v) is 5.12. The van der Waals surface area contributed by atoms with Gasteiger partial charge in [0.15, 0.2) is 0 Å². The average molecular weight is 282 g/mol. The van der Waals surface area contributed by atoms with Crippen molar-refractivity contribution in [1.82, 2.24) is 0 Å². The van der Waals surface area contributed by atoms with E-state index < -0.39 is 0 Å². The summed E-state index contributed by atoms with van der Waals surface area (Å²) in [6.07, 6.45) is 1.93. The first-order chi connectivity index (χ1) is 9.56. The van der Waals surface area contributed by atoms with Gasteiger partial charge in [0.25, 0.3) is 0 Å². The van der Waals surface area contributed by atoms with E-state index in [2.05, 4.69) is 18.7 Å². The zero-order chi connectivity index (χ0) is 15.1. The molecule has 114 valence electrons. The smallest absolute Gasteiger partial charge is 0.146 e.